The summed E-state index contributed by atoms with van der Waals surface area (Å²) < 4.78 is 12.1. The molecule has 9 nitrogen and oxygen atoms in total. The van der Waals surface area contributed by atoms with Crippen LogP contribution in [0, 0.1) is 0 Å². The minimum absolute atomic E-state index is 0.183. The van der Waals surface area contributed by atoms with Gasteiger partial charge in [0.15, 0.2) is 5.82 Å². The Hall–Kier alpha value is -4.01. The lowest BCUT2D eigenvalue weighted by atomic mass is 10.2. The molecule has 4 rings (SSSR count). The second kappa shape index (κ2) is 8.16. The third-order valence-corrected chi connectivity index (χ3v) is 4.38. The van der Waals surface area contributed by atoms with Gasteiger partial charge in [-0.2, -0.15) is 4.98 Å². The zero-order valence-corrected chi connectivity index (χ0v) is 16.7. The van der Waals surface area contributed by atoms with Crippen molar-refractivity contribution in [3.8, 4) is 23.0 Å². The number of amides is 1. The van der Waals surface area contributed by atoms with Gasteiger partial charge < -0.3 is 14.6 Å². The van der Waals surface area contributed by atoms with Crippen LogP contribution in [-0.4, -0.2) is 37.7 Å². The molecular formula is C21H20N6O3. The smallest absolute Gasteiger partial charge is 0.275 e. The van der Waals surface area contributed by atoms with Crippen molar-refractivity contribution in [2.24, 2.45) is 0 Å². The van der Waals surface area contributed by atoms with E-state index < -0.39 is 0 Å². The SMILES string of the molecule is COc1ccc(NC(=O)c2cn(-c3ccc(-c4nc(C(C)C)no4)cn3)cn2)cc1. The third-order valence-electron chi connectivity index (χ3n) is 4.38. The minimum atomic E-state index is -0.317. The van der Waals surface area contributed by atoms with Crippen LogP contribution in [0.1, 0.15) is 36.1 Å². The molecule has 0 saturated carbocycles. The number of methoxy groups -OCH3 is 1. The van der Waals surface area contributed by atoms with Crippen LogP contribution in [0.15, 0.2) is 59.6 Å². The summed E-state index contributed by atoms with van der Waals surface area (Å²) in [7, 11) is 1.59. The van der Waals surface area contributed by atoms with Gasteiger partial charge >= 0.3 is 0 Å². The minimum Gasteiger partial charge on any atom is -0.497 e. The molecule has 0 fully saturated rings. The number of imidazole rings is 1. The second-order valence-electron chi connectivity index (χ2n) is 6.87. The zero-order valence-electron chi connectivity index (χ0n) is 16.7. The van der Waals surface area contributed by atoms with Gasteiger partial charge in [0.1, 0.15) is 23.6 Å². The van der Waals surface area contributed by atoms with Crippen LogP contribution in [0.4, 0.5) is 5.69 Å². The van der Waals surface area contributed by atoms with E-state index in [0.717, 1.165) is 5.56 Å². The molecule has 9 heteroatoms. The Bertz CT molecular complexity index is 1150. The molecule has 0 atom stereocenters. The van der Waals surface area contributed by atoms with E-state index in [1.54, 1.807) is 54.4 Å². The highest BCUT2D eigenvalue weighted by Gasteiger charge is 2.14. The molecule has 0 aliphatic rings. The van der Waals surface area contributed by atoms with E-state index in [1.807, 2.05) is 19.9 Å². The molecule has 0 spiro atoms. The van der Waals surface area contributed by atoms with E-state index >= 15 is 0 Å². The van der Waals surface area contributed by atoms with Gasteiger partial charge in [0.2, 0.25) is 0 Å². The van der Waals surface area contributed by atoms with Crippen LogP contribution in [0.3, 0.4) is 0 Å². The Morgan fingerprint density at radius 2 is 1.93 bits per heavy atom. The highest BCUT2D eigenvalue weighted by Crippen LogP contribution is 2.20. The van der Waals surface area contributed by atoms with Gasteiger partial charge in [-0.25, -0.2) is 9.97 Å². The highest BCUT2D eigenvalue weighted by molar-refractivity contribution is 6.02. The van der Waals surface area contributed by atoms with Gasteiger partial charge in [0.05, 0.1) is 12.7 Å². The fourth-order valence-corrected chi connectivity index (χ4v) is 2.69. The summed E-state index contributed by atoms with van der Waals surface area (Å²) >= 11 is 0. The lowest BCUT2D eigenvalue weighted by Gasteiger charge is -2.04. The fourth-order valence-electron chi connectivity index (χ4n) is 2.69. The average Bonchev–Trinajstić information content (AvgIpc) is 3.45. The first-order valence-corrected chi connectivity index (χ1v) is 9.33. The standard InChI is InChI=1S/C21H20N6O3/c1-13(2)19-25-21(30-26-19)14-4-9-18(22-10-14)27-11-17(23-12-27)20(28)24-15-5-7-16(29-3)8-6-15/h4-13H,1-3H3,(H,24,28). The summed E-state index contributed by atoms with van der Waals surface area (Å²) in [6.07, 6.45) is 4.79. The van der Waals surface area contributed by atoms with Crippen molar-refractivity contribution in [3.63, 3.8) is 0 Å². The molecule has 152 valence electrons. The summed E-state index contributed by atoms with van der Waals surface area (Å²) in [6.45, 7) is 3.99. The first kappa shape index (κ1) is 19.3. The third kappa shape index (κ3) is 4.04. The molecule has 0 saturated heterocycles. The summed E-state index contributed by atoms with van der Waals surface area (Å²) in [5, 5.41) is 6.76. The summed E-state index contributed by atoms with van der Waals surface area (Å²) in [5.41, 5.74) is 1.64. The van der Waals surface area contributed by atoms with Crippen molar-refractivity contribution < 1.29 is 14.1 Å². The maximum atomic E-state index is 12.4. The number of aromatic nitrogens is 5. The lowest BCUT2D eigenvalue weighted by Crippen LogP contribution is -2.12. The van der Waals surface area contributed by atoms with Gasteiger partial charge in [0, 0.05) is 24.0 Å². The number of carbonyl (C=O) groups is 1. The molecule has 4 aromatic rings. The Balaban J connectivity index is 1.46. The Kier molecular flexibility index (Phi) is 5.25. The number of anilines is 1. The molecule has 0 unspecified atom stereocenters. The first-order chi connectivity index (χ1) is 14.5. The van der Waals surface area contributed by atoms with Crippen molar-refractivity contribution in [1.29, 1.82) is 0 Å². The Morgan fingerprint density at radius 1 is 1.13 bits per heavy atom. The quantitative estimate of drug-likeness (QED) is 0.522. The largest absolute Gasteiger partial charge is 0.497 e. The monoisotopic (exact) mass is 404 g/mol. The highest BCUT2D eigenvalue weighted by atomic mass is 16.5. The number of pyridine rings is 1. The van der Waals surface area contributed by atoms with E-state index in [4.69, 9.17) is 9.26 Å². The molecule has 3 aromatic heterocycles. The summed E-state index contributed by atoms with van der Waals surface area (Å²) in [5.74, 6) is 2.26. The molecule has 1 aromatic carbocycles. The number of hydrogen-bond donors (Lipinski definition) is 1. The molecule has 1 amide bonds. The van der Waals surface area contributed by atoms with Crippen LogP contribution >= 0.6 is 0 Å². The molecule has 0 radical (unpaired) electrons. The van der Waals surface area contributed by atoms with Gasteiger partial charge in [-0.3, -0.25) is 9.36 Å². The van der Waals surface area contributed by atoms with Gasteiger partial charge in [-0.1, -0.05) is 19.0 Å². The van der Waals surface area contributed by atoms with E-state index in [9.17, 15) is 4.79 Å². The van der Waals surface area contributed by atoms with Gasteiger partial charge in [-0.05, 0) is 36.4 Å². The van der Waals surface area contributed by atoms with Crippen LogP contribution in [-0.2, 0) is 0 Å². The second-order valence-corrected chi connectivity index (χ2v) is 6.87. The number of benzene rings is 1. The summed E-state index contributed by atoms with van der Waals surface area (Å²) in [6, 6.07) is 10.7. The van der Waals surface area contributed by atoms with Crippen LogP contribution in [0.5, 0.6) is 5.75 Å². The van der Waals surface area contributed by atoms with Crippen LogP contribution in [0.2, 0.25) is 0 Å². The molecular weight excluding hydrogens is 384 g/mol. The molecule has 0 aliphatic carbocycles. The van der Waals surface area contributed by atoms with Gasteiger partial charge in [0.25, 0.3) is 11.8 Å². The van der Waals surface area contributed by atoms with Crippen molar-refractivity contribution in [1.82, 2.24) is 24.7 Å². The predicted octanol–water partition coefficient (Wildman–Crippen LogP) is 3.70. The van der Waals surface area contributed by atoms with E-state index in [1.165, 1.54) is 6.33 Å². The van der Waals surface area contributed by atoms with E-state index in [2.05, 4.69) is 25.4 Å². The van der Waals surface area contributed by atoms with Crippen molar-refractivity contribution in [2.75, 3.05) is 12.4 Å². The predicted molar refractivity (Wildman–Crippen MR) is 110 cm³/mol. The fraction of sp³-hybridized carbons (Fsp3) is 0.190. The number of nitrogens with zero attached hydrogens (tertiary/aromatic N) is 5. The lowest BCUT2D eigenvalue weighted by molar-refractivity contribution is 0.102. The topological polar surface area (TPSA) is 108 Å². The summed E-state index contributed by atoms with van der Waals surface area (Å²) in [4.78, 5) is 25.4. The maximum absolute atomic E-state index is 12.4. The number of nitrogens with one attached hydrogen (secondary N) is 1. The molecule has 0 bridgehead atoms. The molecule has 3 heterocycles. The normalized spacial score (nSPS) is 10.9. The number of ether oxygens (including phenoxy) is 1. The maximum Gasteiger partial charge on any atom is 0.275 e. The average molecular weight is 404 g/mol. The van der Waals surface area contributed by atoms with E-state index in [-0.39, 0.29) is 17.5 Å². The molecule has 1 N–H and O–H groups in total. The number of rotatable bonds is 6. The van der Waals surface area contributed by atoms with Crippen molar-refractivity contribution >= 4 is 11.6 Å². The number of carbonyl (C=O) groups excluding carboxylic acids is 1. The van der Waals surface area contributed by atoms with Gasteiger partial charge in [-0.15, -0.1) is 0 Å². The van der Waals surface area contributed by atoms with E-state index in [0.29, 0.717) is 29.0 Å². The Labute approximate surface area is 172 Å². The van der Waals surface area contributed by atoms with Crippen molar-refractivity contribution in [3.05, 3.63) is 66.6 Å². The van der Waals surface area contributed by atoms with Crippen LogP contribution in [0.25, 0.3) is 17.3 Å². The molecule has 30 heavy (non-hydrogen) atoms. The zero-order chi connectivity index (χ0) is 21.1. The van der Waals surface area contributed by atoms with Crippen LogP contribution < -0.4 is 10.1 Å². The molecule has 0 aliphatic heterocycles. The Morgan fingerprint density at radius 3 is 2.57 bits per heavy atom. The van der Waals surface area contributed by atoms with Crippen molar-refractivity contribution in [2.45, 2.75) is 19.8 Å². The number of hydrogen-bond acceptors (Lipinski definition) is 7. The first-order valence-electron chi connectivity index (χ1n) is 9.33.